The van der Waals surface area contributed by atoms with Gasteiger partial charge in [0.15, 0.2) is 0 Å². The fourth-order valence-corrected chi connectivity index (χ4v) is 2.56. The molecular formula is C15H20ClNO2. The predicted molar refractivity (Wildman–Crippen MR) is 77.6 cm³/mol. The zero-order chi connectivity index (χ0) is 13.8. The van der Waals surface area contributed by atoms with Crippen LogP contribution in [-0.4, -0.2) is 25.2 Å². The van der Waals surface area contributed by atoms with Gasteiger partial charge in [0.25, 0.3) is 0 Å². The van der Waals surface area contributed by atoms with Crippen LogP contribution in [-0.2, 0) is 9.53 Å². The highest BCUT2D eigenvalue weighted by atomic mass is 35.5. The van der Waals surface area contributed by atoms with Crippen LogP contribution in [0.3, 0.4) is 0 Å². The van der Waals surface area contributed by atoms with Gasteiger partial charge in [-0.3, -0.25) is 4.79 Å². The fourth-order valence-electron chi connectivity index (χ4n) is 2.43. The van der Waals surface area contributed by atoms with E-state index in [-0.39, 0.29) is 12.1 Å². The molecule has 1 aromatic rings. The summed E-state index contributed by atoms with van der Waals surface area (Å²) in [6.45, 7) is 5.66. The van der Waals surface area contributed by atoms with E-state index in [1.807, 2.05) is 38.1 Å². The monoisotopic (exact) mass is 281 g/mol. The van der Waals surface area contributed by atoms with Gasteiger partial charge in [0.1, 0.15) is 0 Å². The molecule has 0 spiro atoms. The zero-order valence-corrected chi connectivity index (χ0v) is 12.2. The van der Waals surface area contributed by atoms with Gasteiger partial charge in [0, 0.05) is 23.8 Å². The van der Waals surface area contributed by atoms with Crippen molar-refractivity contribution < 1.29 is 9.53 Å². The van der Waals surface area contributed by atoms with Crippen molar-refractivity contribution in [2.75, 3.05) is 18.0 Å². The molecule has 1 aromatic carbocycles. The molecule has 0 aliphatic carbocycles. The molecule has 0 amide bonds. The number of nitrogens with zero attached hydrogens (tertiary/aromatic N) is 1. The molecule has 0 aromatic heterocycles. The quantitative estimate of drug-likeness (QED) is 0.791. The highest BCUT2D eigenvalue weighted by molar-refractivity contribution is 6.30. The van der Waals surface area contributed by atoms with Crippen molar-refractivity contribution in [3.63, 3.8) is 0 Å². The number of anilines is 1. The highest BCUT2D eigenvalue weighted by Gasteiger charge is 2.25. The number of benzene rings is 1. The van der Waals surface area contributed by atoms with Crippen molar-refractivity contribution in [2.45, 2.75) is 32.8 Å². The summed E-state index contributed by atoms with van der Waals surface area (Å²) in [6, 6.07) is 7.85. The molecule has 2 rings (SSSR count). The Hall–Kier alpha value is -1.22. The summed E-state index contributed by atoms with van der Waals surface area (Å²) in [5.74, 6) is 0.305. The van der Waals surface area contributed by atoms with Crippen LogP contribution in [0.2, 0.25) is 5.02 Å². The molecular weight excluding hydrogens is 262 g/mol. The van der Waals surface area contributed by atoms with Crippen LogP contribution in [0.25, 0.3) is 0 Å². The van der Waals surface area contributed by atoms with E-state index < -0.39 is 0 Å². The molecule has 1 atom stereocenters. The molecule has 0 N–H and O–H groups in total. The summed E-state index contributed by atoms with van der Waals surface area (Å²) in [5.41, 5.74) is 1.17. The number of carbonyl (C=O) groups excluding carboxylic acids is 1. The standard InChI is InChI=1S/C15H20ClNO2/c1-11(2)19-15(18)9-12-7-8-17(10-12)14-5-3-13(16)4-6-14/h3-6,11-12H,7-10H2,1-2H3. The molecule has 1 unspecified atom stereocenters. The Morgan fingerprint density at radius 2 is 2.11 bits per heavy atom. The Kier molecular flexibility index (Phi) is 4.70. The van der Waals surface area contributed by atoms with Gasteiger partial charge in [-0.2, -0.15) is 0 Å². The third kappa shape index (κ3) is 4.13. The van der Waals surface area contributed by atoms with Crippen molar-refractivity contribution in [3.8, 4) is 0 Å². The number of ether oxygens (including phenoxy) is 1. The van der Waals surface area contributed by atoms with Crippen LogP contribution in [0.1, 0.15) is 26.7 Å². The maximum atomic E-state index is 11.6. The number of hydrogen-bond acceptors (Lipinski definition) is 3. The first-order chi connectivity index (χ1) is 9.04. The summed E-state index contributed by atoms with van der Waals surface area (Å²) in [7, 11) is 0. The molecule has 0 bridgehead atoms. The third-order valence-electron chi connectivity index (χ3n) is 3.30. The van der Waals surface area contributed by atoms with E-state index >= 15 is 0 Å². The molecule has 1 aliphatic rings. The minimum atomic E-state index is -0.0852. The first-order valence-corrected chi connectivity index (χ1v) is 7.12. The van der Waals surface area contributed by atoms with Gasteiger partial charge in [-0.05, 0) is 50.5 Å². The van der Waals surface area contributed by atoms with E-state index in [2.05, 4.69) is 4.90 Å². The number of esters is 1. The molecule has 3 nitrogen and oxygen atoms in total. The lowest BCUT2D eigenvalue weighted by Crippen LogP contribution is -2.21. The van der Waals surface area contributed by atoms with Crippen molar-refractivity contribution in [2.24, 2.45) is 5.92 Å². The van der Waals surface area contributed by atoms with Gasteiger partial charge in [-0.15, -0.1) is 0 Å². The molecule has 1 aliphatic heterocycles. The second-order valence-electron chi connectivity index (χ2n) is 5.32. The Labute approximate surface area is 119 Å². The van der Waals surface area contributed by atoms with Crippen molar-refractivity contribution in [1.82, 2.24) is 0 Å². The van der Waals surface area contributed by atoms with Crippen LogP contribution >= 0.6 is 11.6 Å². The van der Waals surface area contributed by atoms with Gasteiger partial charge < -0.3 is 9.64 Å². The third-order valence-corrected chi connectivity index (χ3v) is 3.55. The van der Waals surface area contributed by atoms with Gasteiger partial charge in [0.05, 0.1) is 12.5 Å². The normalized spacial score (nSPS) is 18.9. The van der Waals surface area contributed by atoms with E-state index in [9.17, 15) is 4.79 Å². The molecule has 1 heterocycles. The van der Waals surface area contributed by atoms with Crippen molar-refractivity contribution in [3.05, 3.63) is 29.3 Å². The van der Waals surface area contributed by atoms with Crippen molar-refractivity contribution >= 4 is 23.3 Å². The van der Waals surface area contributed by atoms with E-state index in [0.29, 0.717) is 12.3 Å². The molecule has 19 heavy (non-hydrogen) atoms. The zero-order valence-electron chi connectivity index (χ0n) is 11.4. The smallest absolute Gasteiger partial charge is 0.306 e. The maximum Gasteiger partial charge on any atom is 0.306 e. The Balaban J connectivity index is 1.86. The Bertz CT molecular complexity index is 430. The van der Waals surface area contributed by atoms with Gasteiger partial charge in [0.2, 0.25) is 0 Å². The number of halogens is 1. The maximum absolute atomic E-state index is 11.6. The minimum Gasteiger partial charge on any atom is -0.463 e. The second kappa shape index (κ2) is 6.29. The molecule has 1 fully saturated rings. The first-order valence-electron chi connectivity index (χ1n) is 6.74. The fraction of sp³-hybridized carbons (Fsp3) is 0.533. The second-order valence-corrected chi connectivity index (χ2v) is 5.76. The van der Waals surface area contributed by atoms with Crippen LogP contribution in [0.5, 0.6) is 0 Å². The van der Waals surface area contributed by atoms with Gasteiger partial charge >= 0.3 is 5.97 Å². The highest BCUT2D eigenvalue weighted by Crippen LogP contribution is 2.27. The molecule has 0 saturated carbocycles. The van der Waals surface area contributed by atoms with Crippen LogP contribution in [0.4, 0.5) is 5.69 Å². The lowest BCUT2D eigenvalue weighted by atomic mass is 10.1. The molecule has 4 heteroatoms. The lowest BCUT2D eigenvalue weighted by molar-refractivity contribution is -0.148. The van der Waals surface area contributed by atoms with E-state index in [0.717, 1.165) is 24.5 Å². The average molecular weight is 282 g/mol. The average Bonchev–Trinajstić information content (AvgIpc) is 2.77. The van der Waals surface area contributed by atoms with Gasteiger partial charge in [-0.1, -0.05) is 11.6 Å². The van der Waals surface area contributed by atoms with Gasteiger partial charge in [-0.25, -0.2) is 0 Å². The molecule has 0 radical (unpaired) electrons. The van der Waals surface area contributed by atoms with Crippen molar-refractivity contribution in [1.29, 1.82) is 0 Å². The molecule has 104 valence electrons. The summed E-state index contributed by atoms with van der Waals surface area (Å²) in [5, 5.41) is 0.750. The summed E-state index contributed by atoms with van der Waals surface area (Å²) in [4.78, 5) is 13.9. The number of carbonyl (C=O) groups is 1. The van der Waals surface area contributed by atoms with E-state index in [1.165, 1.54) is 5.69 Å². The Morgan fingerprint density at radius 3 is 2.74 bits per heavy atom. The molecule has 1 saturated heterocycles. The van der Waals surface area contributed by atoms with Crippen LogP contribution in [0.15, 0.2) is 24.3 Å². The largest absolute Gasteiger partial charge is 0.463 e. The van der Waals surface area contributed by atoms with Crippen LogP contribution < -0.4 is 4.90 Å². The number of rotatable bonds is 4. The lowest BCUT2D eigenvalue weighted by Gasteiger charge is -2.18. The van der Waals surface area contributed by atoms with E-state index in [1.54, 1.807) is 0 Å². The summed E-state index contributed by atoms with van der Waals surface area (Å²) < 4.78 is 5.19. The topological polar surface area (TPSA) is 29.5 Å². The Morgan fingerprint density at radius 1 is 1.42 bits per heavy atom. The summed E-state index contributed by atoms with van der Waals surface area (Å²) >= 11 is 5.88. The minimum absolute atomic E-state index is 0.0266. The predicted octanol–water partition coefficient (Wildman–Crippen LogP) is 3.51. The first kappa shape index (κ1) is 14.2. The van der Waals surface area contributed by atoms with Crippen LogP contribution in [0, 0.1) is 5.92 Å². The van der Waals surface area contributed by atoms with E-state index in [4.69, 9.17) is 16.3 Å². The number of hydrogen-bond donors (Lipinski definition) is 0. The SMILES string of the molecule is CC(C)OC(=O)CC1CCN(c2ccc(Cl)cc2)C1. The summed E-state index contributed by atoms with van der Waals surface area (Å²) in [6.07, 6.45) is 1.53.